The fraction of sp³-hybridized carbons (Fsp3) is 0.417. The van der Waals surface area contributed by atoms with E-state index >= 15 is 0 Å². The normalized spacial score (nSPS) is 21.0. The molecule has 0 saturated carbocycles. The van der Waals surface area contributed by atoms with E-state index in [1.165, 1.54) is 0 Å². The third-order valence-corrected chi connectivity index (χ3v) is 5.65. The van der Waals surface area contributed by atoms with E-state index < -0.39 is 5.41 Å². The van der Waals surface area contributed by atoms with E-state index in [0.717, 1.165) is 42.7 Å². The number of amides is 2. The van der Waals surface area contributed by atoms with Crippen LogP contribution in [0.25, 0.3) is 0 Å². The monoisotopic (exact) mass is 424 g/mol. The Morgan fingerprint density at radius 1 is 1.13 bits per heavy atom. The van der Waals surface area contributed by atoms with E-state index in [-0.39, 0.29) is 30.0 Å². The van der Waals surface area contributed by atoms with Crippen molar-refractivity contribution in [3.8, 4) is 11.5 Å². The highest BCUT2D eigenvalue weighted by Gasteiger charge is 2.53. The van der Waals surface area contributed by atoms with Crippen molar-refractivity contribution in [2.45, 2.75) is 44.6 Å². The van der Waals surface area contributed by atoms with Gasteiger partial charge in [-0.25, -0.2) is 4.79 Å². The number of para-hydroxylation sites is 1. The third kappa shape index (κ3) is 3.92. The van der Waals surface area contributed by atoms with Crippen molar-refractivity contribution in [3.63, 3.8) is 0 Å². The van der Waals surface area contributed by atoms with Gasteiger partial charge in [-0.05, 0) is 51.3 Å². The number of carbonyl (C=O) groups excluding carboxylic acids is 2. The Hall–Kier alpha value is -3.22. The number of hydrogen-bond donors (Lipinski definition) is 2. The van der Waals surface area contributed by atoms with Gasteiger partial charge in [0.15, 0.2) is 0 Å². The van der Waals surface area contributed by atoms with Gasteiger partial charge in [0.1, 0.15) is 29.1 Å². The van der Waals surface area contributed by atoms with E-state index in [0.29, 0.717) is 5.75 Å². The van der Waals surface area contributed by atoms with Crippen LogP contribution in [0, 0.1) is 0 Å². The van der Waals surface area contributed by atoms with E-state index in [4.69, 9.17) is 9.47 Å². The number of nitrogens with one attached hydrogen (secondary N) is 1. The van der Waals surface area contributed by atoms with E-state index in [1.54, 1.807) is 23.1 Å². The third-order valence-electron chi connectivity index (χ3n) is 5.65. The zero-order valence-corrected chi connectivity index (χ0v) is 18.1. The van der Waals surface area contributed by atoms with Crippen molar-refractivity contribution in [1.29, 1.82) is 0 Å². The molecular weight excluding hydrogens is 396 g/mol. The van der Waals surface area contributed by atoms with Crippen LogP contribution in [0.4, 0.5) is 10.5 Å². The fourth-order valence-electron chi connectivity index (χ4n) is 4.20. The highest BCUT2D eigenvalue weighted by Crippen LogP contribution is 2.50. The maximum Gasteiger partial charge on any atom is 0.410 e. The molecule has 0 aliphatic carbocycles. The molecule has 1 fully saturated rings. The van der Waals surface area contributed by atoms with Gasteiger partial charge in [-0.15, -0.1) is 0 Å². The van der Waals surface area contributed by atoms with E-state index in [1.807, 2.05) is 45.0 Å². The highest BCUT2D eigenvalue weighted by molar-refractivity contribution is 6.09. The summed E-state index contributed by atoms with van der Waals surface area (Å²) in [6.07, 6.45) is 2.05. The summed E-state index contributed by atoms with van der Waals surface area (Å²) in [5.41, 5.74) is 1.44. The second kappa shape index (κ2) is 7.80. The summed E-state index contributed by atoms with van der Waals surface area (Å²) in [6.45, 7) is 7.65. The van der Waals surface area contributed by atoms with Gasteiger partial charge in [0.2, 0.25) is 5.91 Å². The summed E-state index contributed by atoms with van der Waals surface area (Å²) in [7, 11) is 0. The quantitative estimate of drug-likeness (QED) is 0.666. The van der Waals surface area contributed by atoms with Gasteiger partial charge in [0.05, 0.1) is 0 Å². The van der Waals surface area contributed by atoms with Gasteiger partial charge in [0, 0.05) is 30.4 Å². The molecule has 0 radical (unpaired) electrons. The summed E-state index contributed by atoms with van der Waals surface area (Å²) in [6, 6.07) is 12.5. The second-order valence-corrected chi connectivity index (χ2v) is 9.05. The lowest BCUT2D eigenvalue weighted by molar-refractivity contribution is -0.119. The zero-order valence-electron chi connectivity index (χ0n) is 18.1. The summed E-state index contributed by atoms with van der Waals surface area (Å²) in [5, 5.41) is 12.4. The van der Waals surface area contributed by atoms with Crippen LogP contribution in [0.2, 0.25) is 0 Å². The Balaban J connectivity index is 0.000000168. The molecule has 2 aromatic rings. The van der Waals surface area contributed by atoms with Crippen molar-refractivity contribution in [2.24, 2.45) is 0 Å². The number of phenols is 1. The van der Waals surface area contributed by atoms with Crippen LogP contribution >= 0.6 is 0 Å². The Morgan fingerprint density at radius 2 is 1.84 bits per heavy atom. The molecule has 164 valence electrons. The average Bonchev–Trinajstić information content (AvgIpc) is 3.42. The molecule has 7 heteroatoms. The number of hydrogen-bond acceptors (Lipinski definition) is 5. The number of anilines is 1. The van der Waals surface area contributed by atoms with Crippen molar-refractivity contribution < 1.29 is 24.2 Å². The van der Waals surface area contributed by atoms with Crippen LogP contribution in [-0.4, -0.2) is 47.3 Å². The summed E-state index contributed by atoms with van der Waals surface area (Å²) in [5.74, 6) is 0.646. The molecule has 0 aromatic heterocycles. The minimum atomic E-state index is -0.778. The predicted octanol–water partition coefficient (Wildman–Crippen LogP) is 4.04. The number of nitrogens with zero attached hydrogens (tertiary/aromatic N) is 1. The van der Waals surface area contributed by atoms with Gasteiger partial charge in [-0.2, -0.15) is 0 Å². The minimum Gasteiger partial charge on any atom is -0.508 e. The molecule has 2 aromatic carbocycles. The van der Waals surface area contributed by atoms with Gasteiger partial charge >= 0.3 is 6.09 Å². The molecule has 2 N–H and O–H groups in total. The van der Waals surface area contributed by atoms with Crippen molar-refractivity contribution in [2.75, 3.05) is 25.0 Å². The largest absolute Gasteiger partial charge is 0.508 e. The molecule has 1 atom stereocenters. The standard InChI is InChI=1S/C15H11NO3.C9H17NO2/c17-9-5-6-11-13(7-9)19-8-15(11)10-3-1-2-4-12(10)16-14(15)18;1-9(2,3)12-8(11)10-6-4-5-7-10/h1-7,17H,8H2,(H,16,18);4-7H2,1-3H3. The lowest BCUT2D eigenvalue weighted by atomic mass is 9.77. The van der Waals surface area contributed by atoms with Crippen LogP contribution in [0.3, 0.4) is 0 Å². The minimum absolute atomic E-state index is 0.0712. The topological polar surface area (TPSA) is 88.1 Å². The van der Waals surface area contributed by atoms with Crippen molar-refractivity contribution >= 4 is 17.7 Å². The summed E-state index contributed by atoms with van der Waals surface area (Å²) in [4.78, 5) is 25.6. The van der Waals surface area contributed by atoms with Gasteiger partial charge in [0.25, 0.3) is 0 Å². The smallest absolute Gasteiger partial charge is 0.410 e. The first-order valence-electron chi connectivity index (χ1n) is 10.6. The number of benzene rings is 2. The lowest BCUT2D eigenvalue weighted by Crippen LogP contribution is -2.37. The highest BCUT2D eigenvalue weighted by atomic mass is 16.6. The number of carbonyl (C=O) groups is 2. The van der Waals surface area contributed by atoms with E-state index in [2.05, 4.69) is 5.32 Å². The fourth-order valence-corrected chi connectivity index (χ4v) is 4.20. The number of ether oxygens (including phenoxy) is 2. The maximum atomic E-state index is 12.4. The molecule has 1 saturated heterocycles. The van der Waals surface area contributed by atoms with Crippen LogP contribution < -0.4 is 10.1 Å². The van der Waals surface area contributed by atoms with Crippen LogP contribution in [-0.2, 0) is 14.9 Å². The molecule has 7 nitrogen and oxygen atoms in total. The predicted molar refractivity (Wildman–Crippen MR) is 116 cm³/mol. The lowest BCUT2D eigenvalue weighted by Gasteiger charge is -2.23. The summed E-state index contributed by atoms with van der Waals surface area (Å²) >= 11 is 0. The van der Waals surface area contributed by atoms with Crippen LogP contribution in [0.5, 0.6) is 11.5 Å². The molecule has 0 bridgehead atoms. The number of fused-ring (bicyclic) bond motifs is 4. The second-order valence-electron chi connectivity index (χ2n) is 9.05. The molecule has 2 amide bonds. The van der Waals surface area contributed by atoms with Crippen LogP contribution in [0.15, 0.2) is 42.5 Å². The first-order chi connectivity index (χ1) is 14.7. The Labute approximate surface area is 182 Å². The average molecular weight is 424 g/mol. The zero-order chi connectivity index (χ0) is 22.2. The number of likely N-dealkylation sites (tertiary alicyclic amines) is 1. The van der Waals surface area contributed by atoms with Gasteiger partial charge in [-0.3, -0.25) is 4.79 Å². The van der Waals surface area contributed by atoms with Crippen molar-refractivity contribution in [3.05, 3.63) is 53.6 Å². The molecule has 3 heterocycles. The maximum absolute atomic E-state index is 12.4. The first kappa shape index (κ1) is 21.0. The van der Waals surface area contributed by atoms with Gasteiger partial charge in [-0.1, -0.05) is 24.3 Å². The number of aromatic hydroxyl groups is 1. The Bertz CT molecular complexity index is 1010. The molecule has 5 rings (SSSR count). The summed E-state index contributed by atoms with van der Waals surface area (Å²) < 4.78 is 10.8. The Morgan fingerprint density at radius 3 is 2.55 bits per heavy atom. The van der Waals surface area contributed by atoms with Crippen LogP contribution in [0.1, 0.15) is 44.7 Å². The molecular formula is C24H28N2O5. The van der Waals surface area contributed by atoms with Crippen molar-refractivity contribution in [1.82, 2.24) is 4.90 Å². The molecule has 3 aliphatic rings. The Kier molecular flexibility index (Phi) is 5.29. The number of phenolic OH excluding ortho intramolecular Hbond substituents is 1. The van der Waals surface area contributed by atoms with Gasteiger partial charge < -0.3 is 24.8 Å². The number of rotatable bonds is 0. The molecule has 3 aliphatic heterocycles. The first-order valence-corrected chi connectivity index (χ1v) is 10.6. The SMILES string of the molecule is CC(C)(C)OC(=O)N1CCCC1.O=C1Nc2ccccc2C12COc1cc(O)ccc12. The molecule has 31 heavy (non-hydrogen) atoms. The molecule has 1 unspecified atom stereocenters. The van der Waals surface area contributed by atoms with E-state index in [9.17, 15) is 14.7 Å². The molecule has 1 spiro atoms.